The molecule has 2 N–H and O–H groups in total. The number of amides is 3. The van der Waals surface area contributed by atoms with E-state index in [1.807, 2.05) is 18.2 Å². The van der Waals surface area contributed by atoms with Crippen molar-refractivity contribution in [2.24, 2.45) is 5.92 Å². The van der Waals surface area contributed by atoms with E-state index in [1.165, 1.54) is 9.80 Å². The first-order chi connectivity index (χ1) is 14.0. The highest BCUT2D eigenvalue weighted by molar-refractivity contribution is 6.07. The average molecular weight is 403 g/mol. The molecule has 3 fully saturated rings. The van der Waals surface area contributed by atoms with Crippen LogP contribution in [0.3, 0.4) is 0 Å². The minimum Gasteiger partial charge on any atom is -0.497 e. The van der Waals surface area contributed by atoms with Crippen molar-refractivity contribution in [3.8, 4) is 11.5 Å². The molecule has 2 aliphatic heterocycles. The zero-order valence-corrected chi connectivity index (χ0v) is 17.6. The van der Waals surface area contributed by atoms with E-state index in [0.717, 1.165) is 62.1 Å². The Hall–Kier alpha value is -2.28. The number of benzene rings is 1. The van der Waals surface area contributed by atoms with Crippen molar-refractivity contribution in [2.75, 3.05) is 27.4 Å². The Kier molecular flexibility index (Phi) is 5.42. The summed E-state index contributed by atoms with van der Waals surface area (Å²) in [7, 11) is 3.33. The number of rotatable bonds is 5. The number of hydrogen-bond acceptors (Lipinski definition) is 4. The van der Waals surface area contributed by atoms with Crippen LogP contribution in [0.5, 0.6) is 11.5 Å². The van der Waals surface area contributed by atoms with E-state index in [9.17, 15) is 9.59 Å². The number of ether oxygens (including phenoxy) is 2. The van der Waals surface area contributed by atoms with E-state index >= 15 is 0 Å². The Labute approximate surface area is 172 Å². The highest BCUT2D eigenvalue weighted by Gasteiger charge is 2.56. The number of carbonyl (C=O) groups is 2. The summed E-state index contributed by atoms with van der Waals surface area (Å²) in [5, 5.41) is 3.07. The molecule has 0 bridgehead atoms. The topological polar surface area (TPSA) is 72.3 Å². The third kappa shape index (κ3) is 3.35. The smallest absolute Gasteiger partial charge is 0.329 e. The van der Waals surface area contributed by atoms with Crippen molar-refractivity contribution in [1.29, 1.82) is 0 Å². The number of urea groups is 1. The van der Waals surface area contributed by atoms with Crippen LogP contribution in [-0.2, 0) is 4.79 Å². The predicted octanol–water partition coefficient (Wildman–Crippen LogP) is 1.88. The number of carbonyl (C=O) groups excluding carboxylic acids is 2. The van der Waals surface area contributed by atoms with Gasteiger partial charge in [0.2, 0.25) is 0 Å². The van der Waals surface area contributed by atoms with Gasteiger partial charge in [0.1, 0.15) is 23.1 Å². The van der Waals surface area contributed by atoms with Gasteiger partial charge in [0.05, 0.1) is 26.3 Å². The summed E-state index contributed by atoms with van der Waals surface area (Å²) in [6.45, 7) is 3.41. The van der Waals surface area contributed by atoms with Crippen molar-refractivity contribution >= 4 is 11.9 Å². The Morgan fingerprint density at radius 2 is 2.00 bits per heavy atom. The van der Waals surface area contributed by atoms with Gasteiger partial charge >= 0.3 is 6.03 Å². The van der Waals surface area contributed by atoms with E-state index in [0.29, 0.717) is 6.67 Å². The van der Waals surface area contributed by atoms with Crippen LogP contribution in [0, 0.1) is 5.92 Å². The van der Waals surface area contributed by atoms with E-state index in [-0.39, 0.29) is 23.9 Å². The van der Waals surface area contributed by atoms with Crippen molar-refractivity contribution in [1.82, 2.24) is 10.2 Å². The van der Waals surface area contributed by atoms with Gasteiger partial charge in [-0.25, -0.2) is 9.69 Å². The van der Waals surface area contributed by atoms with Crippen LogP contribution in [0.4, 0.5) is 4.79 Å². The van der Waals surface area contributed by atoms with Crippen molar-refractivity contribution in [3.63, 3.8) is 0 Å². The van der Waals surface area contributed by atoms with Gasteiger partial charge in [-0.2, -0.15) is 0 Å². The summed E-state index contributed by atoms with van der Waals surface area (Å²) in [6.07, 6.45) is 5.89. The molecule has 2 heterocycles. The fraction of sp³-hybridized carbons (Fsp3) is 0.636. The van der Waals surface area contributed by atoms with E-state index in [4.69, 9.17) is 9.47 Å². The number of nitrogens with zero attached hydrogens (tertiary/aromatic N) is 1. The van der Waals surface area contributed by atoms with Crippen LogP contribution >= 0.6 is 0 Å². The SMILES string of the molecule is COc1ccc(OC)c([C@H]2CCC[NH+]2CN2C(=O)N[C@@]3(CCCC[C@@H]3C)C2=O)c1. The largest absolute Gasteiger partial charge is 0.497 e. The third-order valence-electron chi connectivity index (χ3n) is 7.16. The number of methoxy groups -OCH3 is 2. The molecular weight excluding hydrogens is 370 g/mol. The molecule has 1 aromatic rings. The molecule has 0 radical (unpaired) electrons. The normalized spacial score (nSPS) is 32.0. The monoisotopic (exact) mass is 402 g/mol. The van der Waals surface area contributed by atoms with E-state index in [1.54, 1.807) is 14.2 Å². The molecule has 1 aromatic carbocycles. The van der Waals surface area contributed by atoms with Crippen LogP contribution in [0.1, 0.15) is 57.1 Å². The van der Waals surface area contributed by atoms with Crippen LogP contribution in [-0.4, -0.2) is 49.8 Å². The van der Waals surface area contributed by atoms with Gasteiger partial charge in [-0.3, -0.25) is 4.79 Å². The average Bonchev–Trinajstić information content (AvgIpc) is 3.29. The van der Waals surface area contributed by atoms with Gasteiger partial charge in [0.25, 0.3) is 5.91 Å². The highest BCUT2D eigenvalue weighted by atomic mass is 16.5. The Morgan fingerprint density at radius 3 is 2.72 bits per heavy atom. The maximum absolute atomic E-state index is 13.3. The summed E-state index contributed by atoms with van der Waals surface area (Å²) >= 11 is 0. The molecule has 158 valence electrons. The molecule has 2 saturated heterocycles. The number of nitrogens with one attached hydrogen (secondary N) is 2. The molecule has 1 spiro atoms. The molecule has 3 amide bonds. The molecular formula is C22H32N3O4+. The second kappa shape index (κ2) is 7.86. The summed E-state index contributed by atoms with van der Waals surface area (Å²) in [6, 6.07) is 5.77. The summed E-state index contributed by atoms with van der Waals surface area (Å²) in [5.41, 5.74) is 0.379. The number of imide groups is 1. The first kappa shape index (κ1) is 20.0. The lowest BCUT2D eigenvalue weighted by molar-refractivity contribution is -0.925. The summed E-state index contributed by atoms with van der Waals surface area (Å²) in [4.78, 5) is 28.8. The van der Waals surface area contributed by atoms with Gasteiger partial charge in [-0.05, 0) is 37.0 Å². The number of likely N-dealkylation sites (tertiary alicyclic amines) is 1. The number of hydrogen-bond donors (Lipinski definition) is 2. The molecule has 1 saturated carbocycles. The Bertz CT molecular complexity index is 798. The van der Waals surface area contributed by atoms with E-state index < -0.39 is 5.54 Å². The summed E-state index contributed by atoms with van der Waals surface area (Å²) < 4.78 is 11.0. The van der Waals surface area contributed by atoms with Crippen molar-refractivity contribution in [2.45, 2.75) is 57.0 Å². The minimum atomic E-state index is -0.697. The number of quaternary nitrogens is 1. The van der Waals surface area contributed by atoms with Gasteiger partial charge in [0.15, 0.2) is 6.67 Å². The van der Waals surface area contributed by atoms with Gasteiger partial charge in [-0.1, -0.05) is 19.8 Å². The maximum Gasteiger partial charge on any atom is 0.329 e. The van der Waals surface area contributed by atoms with Crippen LogP contribution in [0.2, 0.25) is 0 Å². The Balaban J connectivity index is 1.56. The van der Waals surface area contributed by atoms with Gasteiger partial charge < -0.3 is 19.7 Å². The molecule has 0 aromatic heterocycles. The predicted molar refractivity (Wildman–Crippen MR) is 108 cm³/mol. The molecule has 4 atom stereocenters. The second-order valence-corrected chi connectivity index (χ2v) is 8.65. The first-order valence-electron chi connectivity index (χ1n) is 10.7. The molecule has 4 rings (SSSR count). The lowest BCUT2D eigenvalue weighted by Crippen LogP contribution is -3.12. The van der Waals surface area contributed by atoms with Crippen molar-refractivity contribution in [3.05, 3.63) is 23.8 Å². The van der Waals surface area contributed by atoms with Gasteiger partial charge in [0, 0.05) is 12.8 Å². The molecule has 3 aliphatic rings. The lowest BCUT2D eigenvalue weighted by Gasteiger charge is -2.37. The fourth-order valence-electron chi connectivity index (χ4n) is 5.43. The highest BCUT2D eigenvalue weighted by Crippen LogP contribution is 2.38. The van der Waals surface area contributed by atoms with Crippen LogP contribution < -0.4 is 19.7 Å². The fourth-order valence-corrected chi connectivity index (χ4v) is 5.43. The zero-order valence-electron chi connectivity index (χ0n) is 17.6. The standard InChI is InChI=1S/C22H31N3O4/c1-15-7-4-5-11-22(15)20(26)25(21(27)23-22)14-24-12-6-8-18(24)17-13-16(28-2)9-10-19(17)29-3/h9-10,13,15,18H,4-8,11-12,14H2,1-3H3,(H,23,27)/p+1/t15-,18+,22+/m0/s1. The maximum atomic E-state index is 13.3. The molecule has 1 aliphatic carbocycles. The summed E-state index contributed by atoms with van der Waals surface area (Å²) in [5.74, 6) is 1.76. The first-order valence-corrected chi connectivity index (χ1v) is 10.7. The third-order valence-corrected chi connectivity index (χ3v) is 7.16. The van der Waals surface area contributed by atoms with Crippen LogP contribution in [0.15, 0.2) is 18.2 Å². The quantitative estimate of drug-likeness (QED) is 0.738. The Morgan fingerprint density at radius 1 is 1.17 bits per heavy atom. The molecule has 7 heteroatoms. The van der Waals surface area contributed by atoms with Crippen LogP contribution in [0.25, 0.3) is 0 Å². The zero-order chi connectivity index (χ0) is 20.6. The minimum absolute atomic E-state index is 0.0366. The molecule has 29 heavy (non-hydrogen) atoms. The molecule has 7 nitrogen and oxygen atoms in total. The molecule has 1 unspecified atom stereocenters. The second-order valence-electron chi connectivity index (χ2n) is 8.65. The van der Waals surface area contributed by atoms with Gasteiger partial charge in [-0.15, -0.1) is 0 Å². The van der Waals surface area contributed by atoms with E-state index in [2.05, 4.69) is 12.2 Å². The lowest BCUT2D eigenvalue weighted by atomic mass is 9.73. The van der Waals surface area contributed by atoms with Crippen molar-refractivity contribution < 1.29 is 24.0 Å².